The van der Waals surface area contributed by atoms with Gasteiger partial charge in [-0.05, 0) is 47.3 Å². The summed E-state index contributed by atoms with van der Waals surface area (Å²) in [6.07, 6.45) is 3.51. The molecule has 0 aliphatic carbocycles. The van der Waals surface area contributed by atoms with Crippen molar-refractivity contribution in [3.63, 3.8) is 0 Å². The lowest BCUT2D eigenvalue weighted by atomic mass is 9.77. The van der Waals surface area contributed by atoms with Crippen molar-refractivity contribution in [1.82, 2.24) is 4.98 Å². The Bertz CT molecular complexity index is 1520. The number of H-pyrrole nitrogens is 1. The van der Waals surface area contributed by atoms with Crippen LogP contribution in [0.1, 0.15) is 47.1 Å². The minimum atomic E-state index is -2.84. The molecule has 5 heteroatoms. The summed E-state index contributed by atoms with van der Waals surface area (Å²) in [5, 5.41) is 2.24. The highest BCUT2D eigenvalue weighted by molar-refractivity contribution is 6.99. The first kappa shape index (κ1) is 27.9. The molecule has 40 heavy (non-hydrogen) atoms. The molecule has 0 unspecified atom stereocenters. The number of hydrogen-bond donors (Lipinski definition) is 1. The van der Waals surface area contributed by atoms with E-state index in [0.717, 1.165) is 16.7 Å². The van der Waals surface area contributed by atoms with Crippen molar-refractivity contribution in [3.05, 3.63) is 125 Å². The van der Waals surface area contributed by atoms with Crippen LogP contribution in [0.2, 0.25) is 5.04 Å². The quantitative estimate of drug-likeness (QED) is 0.209. The molecule has 4 nitrogen and oxygen atoms in total. The predicted octanol–water partition coefficient (Wildman–Crippen LogP) is 6.60. The molecule has 0 saturated heterocycles. The number of hydrogen-bond acceptors (Lipinski definition) is 3. The number of pyridine rings is 1. The van der Waals surface area contributed by atoms with Gasteiger partial charge in [-0.25, -0.2) is 0 Å². The maximum atomic E-state index is 13.6. The van der Waals surface area contributed by atoms with Crippen molar-refractivity contribution in [2.24, 2.45) is 0 Å². The van der Waals surface area contributed by atoms with Gasteiger partial charge in [0.25, 0.3) is 13.9 Å². The van der Waals surface area contributed by atoms with E-state index in [1.807, 2.05) is 37.3 Å². The molecule has 206 valence electrons. The lowest BCUT2D eigenvalue weighted by Crippen LogP contribution is -2.67. The van der Waals surface area contributed by atoms with Gasteiger partial charge < -0.3 is 14.1 Å². The van der Waals surface area contributed by atoms with E-state index >= 15 is 0 Å². The summed E-state index contributed by atoms with van der Waals surface area (Å²) < 4.78 is 14.2. The molecule has 3 aromatic carbocycles. The first-order valence-corrected chi connectivity index (χ1v) is 15.9. The van der Waals surface area contributed by atoms with Crippen LogP contribution < -0.4 is 20.7 Å². The van der Waals surface area contributed by atoms with Crippen LogP contribution in [-0.4, -0.2) is 26.0 Å². The highest BCUT2D eigenvalue weighted by atomic mass is 28.4. The largest absolute Gasteiger partial charge is 0.484 e. The fourth-order valence-corrected chi connectivity index (χ4v) is 11.0. The van der Waals surface area contributed by atoms with Gasteiger partial charge >= 0.3 is 0 Å². The average molecular weight is 550 g/mol. The molecule has 5 rings (SSSR count). The van der Waals surface area contributed by atoms with E-state index in [0.29, 0.717) is 17.9 Å². The minimum absolute atomic E-state index is 0.130. The third kappa shape index (κ3) is 4.57. The van der Waals surface area contributed by atoms with Crippen LogP contribution in [-0.2, 0) is 9.84 Å². The summed E-state index contributed by atoms with van der Waals surface area (Å²) in [5.41, 5.74) is 2.77. The molecule has 0 fully saturated rings. The molecule has 1 N–H and O–H groups in total. The molecular weight excluding hydrogens is 510 g/mol. The number of rotatable bonds is 7. The third-order valence-corrected chi connectivity index (χ3v) is 13.4. The summed E-state index contributed by atoms with van der Waals surface area (Å²) in [6.45, 7) is 13.4. The van der Waals surface area contributed by atoms with E-state index in [1.54, 1.807) is 6.20 Å². The molecule has 4 aromatic rings. The van der Waals surface area contributed by atoms with Crippen LogP contribution in [0, 0.1) is 0 Å². The van der Waals surface area contributed by atoms with E-state index in [9.17, 15) is 4.79 Å². The Morgan fingerprint density at radius 2 is 1.48 bits per heavy atom. The molecule has 0 spiro atoms. The Morgan fingerprint density at radius 1 is 0.950 bits per heavy atom. The number of allylic oxidation sites excluding steroid dienone is 1. The van der Waals surface area contributed by atoms with Gasteiger partial charge in [-0.15, -0.1) is 0 Å². The second-order valence-corrected chi connectivity index (χ2v) is 16.3. The van der Waals surface area contributed by atoms with Crippen LogP contribution in [0.4, 0.5) is 0 Å². The van der Waals surface area contributed by atoms with Gasteiger partial charge in [-0.2, -0.15) is 0 Å². The van der Waals surface area contributed by atoms with Crippen molar-refractivity contribution < 1.29 is 9.16 Å². The lowest BCUT2D eigenvalue weighted by Gasteiger charge is -2.45. The summed E-state index contributed by atoms with van der Waals surface area (Å²) >= 11 is 0. The second-order valence-electron chi connectivity index (χ2n) is 12.0. The van der Waals surface area contributed by atoms with Gasteiger partial charge in [0.05, 0.1) is 11.0 Å². The number of aromatic nitrogens is 1. The summed E-state index contributed by atoms with van der Waals surface area (Å²) in [6, 6.07) is 31.3. The number of nitrogens with one attached hydrogen (secondary N) is 1. The van der Waals surface area contributed by atoms with Crippen molar-refractivity contribution in [3.8, 4) is 16.9 Å². The van der Waals surface area contributed by atoms with Gasteiger partial charge in [0.2, 0.25) is 0 Å². The van der Waals surface area contributed by atoms with E-state index in [-0.39, 0.29) is 16.7 Å². The smallest absolute Gasteiger partial charge is 0.261 e. The van der Waals surface area contributed by atoms with Gasteiger partial charge in [-0.3, -0.25) is 4.79 Å². The van der Waals surface area contributed by atoms with Crippen LogP contribution in [0.25, 0.3) is 11.1 Å². The van der Waals surface area contributed by atoms with Gasteiger partial charge in [0.1, 0.15) is 11.9 Å². The zero-order valence-electron chi connectivity index (χ0n) is 24.3. The topological polar surface area (TPSA) is 51.3 Å². The summed E-state index contributed by atoms with van der Waals surface area (Å²) in [5.74, 6) is 0.648. The fraction of sp³-hybridized carbons (Fsp3) is 0.286. The van der Waals surface area contributed by atoms with E-state index in [2.05, 4.69) is 106 Å². The number of aromatic amines is 1. The minimum Gasteiger partial charge on any atom is -0.484 e. The van der Waals surface area contributed by atoms with Gasteiger partial charge in [0.15, 0.2) is 0 Å². The van der Waals surface area contributed by atoms with E-state index < -0.39 is 13.7 Å². The molecule has 0 amide bonds. The normalized spacial score (nSPS) is 19.2. The molecule has 1 aromatic heterocycles. The highest BCUT2D eigenvalue weighted by Gasteiger charge is 2.55. The van der Waals surface area contributed by atoms with Gasteiger partial charge in [-0.1, -0.05) is 118 Å². The van der Waals surface area contributed by atoms with Crippen molar-refractivity contribution in [2.45, 2.75) is 58.1 Å². The van der Waals surface area contributed by atoms with E-state index in [1.165, 1.54) is 10.4 Å². The number of benzene rings is 3. The number of ether oxygens (including phenoxy) is 1. The maximum Gasteiger partial charge on any atom is 0.261 e. The molecule has 1 aliphatic rings. The maximum absolute atomic E-state index is 13.6. The predicted molar refractivity (Wildman–Crippen MR) is 167 cm³/mol. The van der Waals surface area contributed by atoms with Crippen molar-refractivity contribution >= 4 is 18.7 Å². The number of fused-ring (bicyclic) bond motifs is 1. The molecule has 2 heterocycles. The molecule has 0 saturated carbocycles. The Balaban J connectivity index is 1.70. The highest BCUT2D eigenvalue weighted by Crippen LogP contribution is 2.49. The Morgan fingerprint density at radius 3 is 1.98 bits per heavy atom. The van der Waals surface area contributed by atoms with Gasteiger partial charge in [0, 0.05) is 18.4 Å². The SMILES string of the molecule is C/C=C(\C)[C@@H]1Oc2c(-c3ccccc3)c[nH]c(=O)c2[C@]1(C)CO[Si](c1ccccc1)(c1ccccc1)C(C)(C)C. The zero-order valence-corrected chi connectivity index (χ0v) is 25.3. The second kappa shape index (κ2) is 10.7. The van der Waals surface area contributed by atoms with Crippen LogP contribution in [0.5, 0.6) is 5.75 Å². The first-order valence-electron chi connectivity index (χ1n) is 14.0. The standard InChI is InChI=1S/C35H39NO3Si/c1-7-25(2)32-35(6,30-31(39-32)29(23-36-33(30)37)26-17-11-8-12-18-26)24-38-40(34(3,4)5,27-19-13-9-14-20-27)28-21-15-10-16-22-28/h7-23,32H,24H2,1-6H3,(H,36,37)/b25-7+/t32-,35-/m0/s1. The Hall–Kier alpha value is -3.67. The van der Waals surface area contributed by atoms with Crippen LogP contribution in [0.3, 0.4) is 0 Å². The van der Waals surface area contributed by atoms with Crippen LogP contribution >= 0.6 is 0 Å². The van der Waals surface area contributed by atoms with Crippen molar-refractivity contribution in [2.75, 3.05) is 6.61 Å². The molecule has 2 atom stereocenters. The molecule has 0 bridgehead atoms. The van der Waals surface area contributed by atoms with Crippen molar-refractivity contribution in [1.29, 1.82) is 0 Å². The average Bonchev–Trinajstić information content (AvgIpc) is 3.28. The Labute approximate surface area is 238 Å². The van der Waals surface area contributed by atoms with Crippen LogP contribution in [0.15, 0.2) is 114 Å². The fourth-order valence-electron chi connectivity index (χ4n) is 6.28. The summed E-state index contributed by atoms with van der Waals surface area (Å²) in [4.78, 5) is 16.7. The monoisotopic (exact) mass is 549 g/mol. The van der Waals surface area contributed by atoms with E-state index in [4.69, 9.17) is 9.16 Å². The molecule has 0 radical (unpaired) electrons. The first-order chi connectivity index (χ1) is 19.1. The third-order valence-electron chi connectivity index (χ3n) is 8.39. The summed E-state index contributed by atoms with van der Waals surface area (Å²) in [7, 11) is -2.84. The molecular formula is C35H39NO3Si. The zero-order chi connectivity index (χ0) is 28.5. The Kier molecular flexibility index (Phi) is 7.47. The lowest BCUT2D eigenvalue weighted by molar-refractivity contribution is 0.129. The molecule has 1 aliphatic heterocycles.